The quantitative estimate of drug-likeness (QED) is 0.703. The minimum atomic E-state index is -1.89. The first kappa shape index (κ1) is 19.4. The van der Waals surface area contributed by atoms with E-state index in [9.17, 15) is 15.0 Å². The predicted octanol–water partition coefficient (Wildman–Crippen LogP) is 1.61. The molecule has 2 N–H and O–H groups in total. The number of hydrogen-bond donors (Lipinski definition) is 2. The van der Waals surface area contributed by atoms with Gasteiger partial charge < -0.3 is 33.9 Å². The maximum atomic E-state index is 12.4. The minimum absolute atomic E-state index is 0.0303. The minimum Gasteiger partial charge on any atom is -0.493 e. The van der Waals surface area contributed by atoms with E-state index in [1.165, 1.54) is 14.2 Å². The first-order chi connectivity index (χ1) is 14.0. The molecule has 3 atom stereocenters. The molecular formula is C21H22O8. The molecule has 2 aliphatic rings. The third-order valence-corrected chi connectivity index (χ3v) is 5.40. The number of carbonyl (C=O) groups is 1. The second-order valence-electron chi connectivity index (χ2n) is 7.05. The molecule has 1 fully saturated rings. The molecule has 0 spiro atoms. The van der Waals surface area contributed by atoms with E-state index in [1.54, 1.807) is 36.4 Å². The largest absolute Gasteiger partial charge is 0.493 e. The summed E-state index contributed by atoms with van der Waals surface area (Å²) in [7, 11) is 3.01. The Morgan fingerprint density at radius 1 is 1.07 bits per heavy atom. The molecule has 2 aromatic carbocycles. The number of rotatable bonds is 6. The highest BCUT2D eigenvalue weighted by atomic mass is 16.7. The molecule has 0 bridgehead atoms. The van der Waals surface area contributed by atoms with Crippen LogP contribution in [-0.4, -0.2) is 49.4 Å². The van der Waals surface area contributed by atoms with Crippen LogP contribution in [0.2, 0.25) is 0 Å². The maximum absolute atomic E-state index is 12.4. The highest BCUT2D eigenvalue weighted by Gasteiger charge is 2.54. The van der Waals surface area contributed by atoms with Gasteiger partial charge in [0.2, 0.25) is 6.79 Å². The number of esters is 1. The van der Waals surface area contributed by atoms with E-state index >= 15 is 0 Å². The molecule has 1 saturated heterocycles. The van der Waals surface area contributed by atoms with E-state index in [4.69, 9.17) is 23.7 Å². The van der Waals surface area contributed by atoms with Crippen LogP contribution in [0.4, 0.5) is 0 Å². The van der Waals surface area contributed by atoms with Crippen LogP contribution in [0.15, 0.2) is 36.4 Å². The molecule has 154 valence electrons. The van der Waals surface area contributed by atoms with Crippen LogP contribution in [0.5, 0.6) is 23.0 Å². The number of ether oxygens (including phenoxy) is 5. The number of cyclic esters (lactones) is 1. The lowest BCUT2D eigenvalue weighted by Crippen LogP contribution is -2.45. The van der Waals surface area contributed by atoms with Crippen molar-refractivity contribution in [1.82, 2.24) is 0 Å². The van der Waals surface area contributed by atoms with Gasteiger partial charge in [0.25, 0.3) is 0 Å². The molecule has 8 heteroatoms. The van der Waals surface area contributed by atoms with Gasteiger partial charge >= 0.3 is 5.97 Å². The van der Waals surface area contributed by atoms with Crippen molar-refractivity contribution >= 4 is 5.97 Å². The Kier molecular flexibility index (Phi) is 4.97. The van der Waals surface area contributed by atoms with Gasteiger partial charge in [-0.3, -0.25) is 0 Å². The van der Waals surface area contributed by atoms with Crippen LogP contribution >= 0.6 is 0 Å². The highest BCUT2D eigenvalue weighted by molar-refractivity contribution is 5.82. The molecule has 2 aliphatic heterocycles. The summed E-state index contributed by atoms with van der Waals surface area (Å²) in [6, 6.07) is 10.1. The second kappa shape index (κ2) is 7.46. The Bertz CT molecular complexity index is 927. The Morgan fingerprint density at radius 3 is 2.59 bits per heavy atom. The molecule has 2 aromatic rings. The standard InChI is InChI=1S/C21H22O8/c1-25-15-6-4-13(8-17(15)26-2)19(22)14-10-27-20(23)21(14,24)9-12-3-5-16-18(7-12)29-11-28-16/h3-8,14,19,22,24H,9-11H2,1-2H3/t14-,19-,21+/m1/s1. The number of carbonyl (C=O) groups excluding carboxylic acids is 1. The fourth-order valence-electron chi connectivity index (χ4n) is 3.77. The van der Waals surface area contributed by atoms with Crippen molar-refractivity contribution in [2.24, 2.45) is 5.92 Å². The van der Waals surface area contributed by atoms with Gasteiger partial charge in [0.05, 0.1) is 26.2 Å². The number of aliphatic hydroxyl groups is 2. The van der Waals surface area contributed by atoms with E-state index in [2.05, 4.69) is 0 Å². The van der Waals surface area contributed by atoms with Crippen LogP contribution in [0, 0.1) is 5.92 Å². The molecule has 0 unspecified atom stereocenters. The van der Waals surface area contributed by atoms with Gasteiger partial charge in [-0.05, 0) is 35.4 Å². The molecule has 4 rings (SSSR count). The SMILES string of the molecule is COc1ccc([C@@H](O)[C@H]2COC(=O)[C@]2(O)Cc2ccc3c(c2)OCO3)cc1OC. The molecular weight excluding hydrogens is 380 g/mol. The predicted molar refractivity (Wildman–Crippen MR) is 100 cm³/mol. The van der Waals surface area contributed by atoms with Gasteiger partial charge in [-0.15, -0.1) is 0 Å². The van der Waals surface area contributed by atoms with E-state index in [1.807, 2.05) is 0 Å². The Balaban J connectivity index is 1.61. The van der Waals surface area contributed by atoms with Crippen LogP contribution in [0.25, 0.3) is 0 Å². The van der Waals surface area contributed by atoms with Crippen LogP contribution in [0.1, 0.15) is 17.2 Å². The Morgan fingerprint density at radius 2 is 1.83 bits per heavy atom. The molecule has 0 saturated carbocycles. The summed E-state index contributed by atoms with van der Waals surface area (Å²) in [4.78, 5) is 12.4. The summed E-state index contributed by atoms with van der Waals surface area (Å²) in [6.07, 6.45) is -1.18. The van der Waals surface area contributed by atoms with E-state index < -0.39 is 23.6 Å². The van der Waals surface area contributed by atoms with Crippen molar-refractivity contribution in [3.8, 4) is 23.0 Å². The van der Waals surface area contributed by atoms with Gasteiger partial charge in [0.1, 0.15) is 6.61 Å². The average molecular weight is 402 g/mol. The summed E-state index contributed by atoms with van der Waals surface area (Å²) >= 11 is 0. The molecule has 8 nitrogen and oxygen atoms in total. The van der Waals surface area contributed by atoms with Crippen molar-refractivity contribution in [3.63, 3.8) is 0 Å². The lowest BCUT2D eigenvalue weighted by molar-refractivity contribution is -0.155. The third kappa shape index (κ3) is 3.34. The van der Waals surface area contributed by atoms with Gasteiger partial charge in [0, 0.05) is 6.42 Å². The van der Waals surface area contributed by atoms with Crippen molar-refractivity contribution in [3.05, 3.63) is 47.5 Å². The van der Waals surface area contributed by atoms with Gasteiger partial charge in [-0.25, -0.2) is 4.79 Å². The van der Waals surface area contributed by atoms with E-state index in [0.29, 0.717) is 34.1 Å². The summed E-state index contributed by atoms with van der Waals surface area (Å²) < 4.78 is 26.3. The molecule has 0 radical (unpaired) electrons. The normalized spacial score (nSPS) is 23.6. The second-order valence-corrected chi connectivity index (χ2v) is 7.05. The Labute approximate surface area is 167 Å². The van der Waals surface area contributed by atoms with E-state index in [-0.39, 0.29) is 19.8 Å². The monoisotopic (exact) mass is 402 g/mol. The fourth-order valence-corrected chi connectivity index (χ4v) is 3.77. The lowest BCUT2D eigenvalue weighted by Gasteiger charge is -2.29. The number of fused-ring (bicyclic) bond motifs is 1. The van der Waals surface area contributed by atoms with Gasteiger partial charge in [0.15, 0.2) is 28.6 Å². The topological polar surface area (TPSA) is 104 Å². The molecule has 29 heavy (non-hydrogen) atoms. The summed E-state index contributed by atoms with van der Waals surface area (Å²) in [5.41, 5.74) is -0.740. The zero-order valence-corrected chi connectivity index (χ0v) is 16.1. The summed E-state index contributed by atoms with van der Waals surface area (Å²) in [6.45, 7) is 0.0289. The van der Waals surface area contributed by atoms with Crippen molar-refractivity contribution in [1.29, 1.82) is 0 Å². The summed E-state index contributed by atoms with van der Waals surface area (Å²) in [5, 5.41) is 22.2. The van der Waals surface area contributed by atoms with Crippen molar-refractivity contribution < 1.29 is 38.7 Å². The summed E-state index contributed by atoms with van der Waals surface area (Å²) in [5.74, 6) is 0.482. The number of benzene rings is 2. The van der Waals surface area contributed by atoms with Crippen LogP contribution < -0.4 is 18.9 Å². The van der Waals surface area contributed by atoms with Crippen LogP contribution in [0.3, 0.4) is 0 Å². The first-order valence-electron chi connectivity index (χ1n) is 9.14. The Hall–Kier alpha value is -2.97. The first-order valence-corrected chi connectivity index (χ1v) is 9.14. The lowest BCUT2D eigenvalue weighted by atomic mass is 9.79. The molecule has 0 aromatic heterocycles. The average Bonchev–Trinajstić information content (AvgIpc) is 3.31. The molecule has 0 aliphatic carbocycles. The molecule has 0 amide bonds. The number of aliphatic hydroxyl groups excluding tert-OH is 1. The van der Waals surface area contributed by atoms with Crippen molar-refractivity contribution in [2.45, 2.75) is 18.1 Å². The van der Waals surface area contributed by atoms with Gasteiger partial charge in [-0.1, -0.05) is 12.1 Å². The van der Waals surface area contributed by atoms with Gasteiger partial charge in [-0.2, -0.15) is 0 Å². The zero-order chi connectivity index (χ0) is 20.6. The number of hydrogen-bond acceptors (Lipinski definition) is 8. The third-order valence-electron chi connectivity index (χ3n) is 5.40. The highest BCUT2D eigenvalue weighted by Crippen LogP contribution is 2.42. The number of methoxy groups -OCH3 is 2. The van der Waals surface area contributed by atoms with Crippen molar-refractivity contribution in [2.75, 3.05) is 27.6 Å². The zero-order valence-electron chi connectivity index (χ0n) is 16.1. The smallest absolute Gasteiger partial charge is 0.339 e. The maximum Gasteiger partial charge on any atom is 0.339 e. The fraction of sp³-hybridized carbons (Fsp3) is 0.381. The molecule has 2 heterocycles. The van der Waals surface area contributed by atoms with E-state index in [0.717, 1.165) is 0 Å². The van der Waals surface area contributed by atoms with Crippen LogP contribution in [-0.2, 0) is 16.0 Å².